The van der Waals surface area contributed by atoms with Crippen LogP contribution in [0.25, 0.3) is 0 Å². The summed E-state index contributed by atoms with van der Waals surface area (Å²) >= 11 is 0. The average Bonchev–Trinajstić information content (AvgIpc) is 2.54. The van der Waals surface area contributed by atoms with Crippen LogP contribution in [0.15, 0.2) is 42.6 Å². The normalized spacial score (nSPS) is 10.3. The van der Waals surface area contributed by atoms with Gasteiger partial charge in [0.25, 0.3) is 5.91 Å². The predicted molar refractivity (Wildman–Crippen MR) is 87.5 cm³/mol. The first kappa shape index (κ1) is 16.0. The number of rotatable bonds is 7. The molecule has 0 radical (unpaired) electrons. The summed E-state index contributed by atoms with van der Waals surface area (Å²) < 4.78 is 4.95. The third-order valence-electron chi connectivity index (χ3n) is 3.14. The second kappa shape index (κ2) is 8.14. The molecule has 0 bridgehead atoms. The van der Waals surface area contributed by atoms with Crippen molar-refractivity contribution in [2.45, 2.75) is 13.3 Å². The number of carbonyl (C=O) groups excluding carboxylic acids is 1. The maximum Gasteiger partial charge on any atom is 0.269 e. The molecule has 0 aliphatic heterocycles. The molecule has 0 fully saturated rings. The fraction of sp³-hybridized carbons (Fsp3) is 0.294. The fourth-order valence-corrected chi connectivity index (χ4v) is 1.95. The van der Waals surface area contributed by atoms with E-state index in [0.29, 0.717) is 18.8 Å². The summed E-state index contributed by atoms with van der Waals surface area (Å²) in [7, 11) is 1.64. The number of aryl methyl sites for hydroxylation is 1. The number of ether oxygens (including phenoxy) is 1. The molecular weight excluding hydrogens is 278 g/mol. The maximum atomic E-state index is 12.0. The first-order valence-corrected chi connectivity index (χ1v) is 7.26. The number of pyridine rings is 1. The molecule has 1 aromatic carbocycles. The molecule has 0 aliphatic carbocycles. The van der Waals surface area contributed by atoms with Gasteiger partial charge in [0.1, 0.15) is 5.69 Å². The van der Waals surface area contributed by atoms with Crippen molar-refractivity contribution in [2.75, 3.05) is 25.6 Å². The summed E-state index contributed by atoms with van der Waals surface area (Å²) in [4.78, 5) is 16.1. The zero-order chi connectivity index (χ0) is 15.8. The largest absolute Gasteiger partial charge is 0.385 e. The van der Waals surface area contributed by atoms with Crippen LogP contribution in [0.5, 0.6) is 0 Å². The summed E-state index contributed by atoms with van der Waals surface area (Å²) in [5, 5.41) is 6.09. The van der Waals surface area contributed by atoms with Crippen molar-refractivity contribution < 1.29 is 9.53 Å². The van der Waals surface area contributed by atoms with Crippen LogP contribution in [-0.2, 0) is 4.74 Å². The van der Waals surface area contributed by atoms with Gasteiger partial charge in [-0.3, -0.25) is 9.78 Å². The molecule has 0 saturated heterocycles. The number of amides is 1. The Labute approximate surface area is 130 Å². The third kappa shape index (κ3) is 4.86. The van der Waals surface area contributed by atoms with Crippen LogP contribution in [0.1, 0.15) is 22.5 Å². The first-order valence-electron chi connectivity index (χ1n) is 7.26. The highest BCUT2D eigenvalue weighted by Gasteiger charge is 2.07. The van der Waals surface area contributed by atoms with Gasteiger partial charge in [0.15, 0.2) is 0 Å². The second-order valence-corrected chi connectivity index (χ2v) is 5.02. The highest BCUT2D eigenvalue weighted by molar-refractivity contribution is 5.93. The van der Waals surface area contributed by atoms with Crippen molar-refractivity contribution in [3.8, 4) is 0 Å². The maximum absolute atomic E-state index is 12.0. The molecular formula is C17H21N3O2. The molecule has 116 valence electrons. The summed E-state index contributed by atoms with van der Waals surface area (Å²) in [6.45, 7) is 3.24. The van der Waals surface area contributed by atoms with Crippen LogP contribution in [0.3, 0.4) is 0 Å². The van der Waals surface area contributed by atoms with Crippen LogP contribution >= 0.6 is 0 Å². The minimum absolute atomic E-state index is 0.177. The zero-order valence-corrected chi connectivity index (χ0v) is 12.9. The predicted octanol–water partition coefficient (Wildman–Crippen LogP) is 2.90. The van der Waals surface area contributed by atoms with E-state index in [1.54, 1.807) is 19.4 Å². The molecule has 1 aromatic heterocycles. The smallest absolute Gasteiger partial charge is 0.269 e. The molecule has 2 N–H and O–H groups in total. The van der Waals surface area contributed by atoms with Gasteiger partial charge in [0, 0.05) is 37.8 Å². The lowest BCUT2D eigenvalue weighted by Crippen LogP contribution is -2.26. The number of benzene rings is 1. The molecule has 0 unspecified atom stereocenters. The highest BCUT2D eigenvalue weighted by atomic mass is 16.5. The molecule has 0 spiro atoms. The fourth-order valence-electron chi connectivity index (χ4n) is 1.95. The number of methoxy groups -OCH3 is 1. The summed E-state index contributed by atoms with van der Waals surface area (Å²) in [6, 6.07) is 11.6. The van der Waals surface area contributed by atoms with Crippen molar-refractivity contribution in [1.82, 2.24) is 10.3 Å². The molecule has 0 atom stereocenters. The summed E-state index contributed by atoms with van der Waals surface area (Å²) in [6.07, 6.45) is 2.41. The SMILES string of the molecule is COCCCNC(=O)c1cc(Nc2ccc(C)cc2)ccn1. The van der Waals surface area contributed by atoms with E-state index in [1.807, 2.05) is 37.3 Å². The standard InChI is InChI=1S/C17H21N3O2/c1-13-4-6-14(7-5-13)20-15-8-10-18-16(12-15)17(21)19-9-3-11-22-2/h4-8,10,12H,3,9,11H2,1-2H3,(H,18,20)(H,19,21). The lowest BCUT2D eigenvalue weighted by Gasteiger charge is -2.09. The molecule has 0 aliphatic rings. The Balaban J connectivity index is 1.97. The summed E-state index contributed by atoms with van der Waals surface area (Å²) in [5.74, 6) is -0.177. The van der Waals surface area contributed by atoms with E-state index in [1.165, 1.54) is 5.56 Å². The topological polar surface area (TPSA) is 63.2 Å². The van der Waals surface area contributed by atoms with Crippen molar-refractivity contribution in [1.29, 1.82) is 0 Å². The van der Waals surface area contributed by atoms with Gasteiger partial charge in [-0.2, -0.15) is 0 Å². The van der Waals surface area contributed by atoms with Crippen molar-refractivity contribution in [3.05, 3.63) is 53.9 Å². The number of hydrogen-bond acceptors (Lipinski definition) is 4. The zero-order valence-electron chi connectivity index (χ0n) is 12.9. The van der Waals surface area contributed by atoms with Gasteiger partial charge in [-0.05, 0) is 37.6 Å². The highest BCUT2D eigenvalue weighted by Crippen LogP contribution is 2.17. The van der Waals surface area contributed by atoms with Gasteiger partial charge in [-0.25, -0.2) is 0 Å². The van der Waals surface area contributed by atoms with Gasteiger partial charge in [-0.1, -0.05) is 17.7 Å². The lowest BCUT2D eigenvalue weighted by molar-refractivity contribution is 0.0943. The number of hydrogen-bond donors (Lipinski definition) is 2. The molecule has 0 saturated carbocycles. The molecule has 2 rings (SSSR count). The molecule has 5 heteroatoms. The van der Waals surface area contributed by atoms with E-state index in [2.05, 4.69) is 15.6 Å². The van der Waals surface area contributed by atoms with Crippen LogP contribution in [-0.4, -0.2) is 31.2 Å². The monoisotopic (exact) mass is 299 g/mol. The summed E-state index contributed by atoms with van der Waals surface area (Å²) in [5.41, 5.74) is 3.41. The molecule has 2 aromatic rings. The Bertz CT molecular complexity index is 612. The number of nitrogens with zero attached hydrogens (tertiary/aromatic N) is 1. The van der Waals surface area contributed by atoms with Crippen molar-refractivity contribution in [2.24, 2.45) is 0 Å². The second-order valence-electron chi connectivity index (χ2n) is 5.02. The number of anilines is 2. The van der Waals surface area contributed by atoms with E-state index in [0.717, 1.165) is 17.8 Å². The van der Waals surface area contributed by atoms with Crippen LogP contribution in [0.4, 0.5) is 11.4 Å². The quantitative estimate of drug-likeness (QED) is 0.772. The van der Waals surface area contributed by atoms with Gasteiger partial charge in [0.05, 0.1) is 0 Å². The first-order chi connectivity index (χ1) is 10.7. The van der Waals surface area contributed by atoms with Crippen LogP contribution in [0, 0.1) is 6.92 Å². The average molecular weight is 299 g/mol. The van der Waals surface area contributed by atoms with Crippen molar-refractivity contribution >= 4 is 17.3 Å². The van der Waals surface area contributed by atoms with E-state index in [9.17, 15) is 4.79 Å². The molecule has 1 heterocycles. The minimum Gasteiger partial charge on any atom is -0.385 e. The van der Waals surface area contributed by atoms with Crippen LogP contribution < -0.4 is 10.6 Å². The Morgan fingerprint density at radius 2 is 1.95 bits per heavy atom. The van der Waals surface area contributed by atoms with E-state index in [-0.39, 0.29) is 5.91 Å². The molecule has 22 heavy (non-hydrogen) atoms. The number of carbonyl (C=O) groups is 1. The third-order valence-corrected chi connectivity index (χ3v) is 3.14. The Morgan fingerprint density at radius 1 is 1.18 bits per heavy atom. The minimum atomic E-state index is -0.177. The number of aromatic nitrogens is 1. The molecule has 1 amide bonds. The lowest BCUT2D eigenvalue weighted by atomic mass is 10.2. The Hall–Kier alpha value is -2.40. The Morgan fingerprint density at radius 3 is 2.68 bits per heavy atom. The van der Waals surface area contributed by atoms with Gasteiger partial charge in [-0.15, -0.1) is 0 Å². The van der Waals surface area contributed by atoms with Gasteiger partial charge >= 0.3 is 0 Å². The molecule has 5 nitrogen and oxygen atoms in total. The van der Waals surface area contributed by atoms with Gasteiger partial charge < -0.3 is 15.4 Å². The van der Waals surface area contributed by atoms with E-state index >= 15 is 0 Å². The van der Waals surface area contributed by atoms with E-state index < -0.39 is 0 Å². The number of nitrogens with one attached hydrogen (secondary N) is 2. The van der Waals surface area contributed by atoms with Gasteiger partial charge in [0.2, 0.25) is 0 Å². The van der Waals surface area contributed by atoms with Crippen molar-refractivity contribution in [3.63, 3.8) is 0 Å². The Kier molecular flexibility index (Phi) is 5.91. The van der Waals surface area contributed by atoms with E-state index in [4.69, 9.17) is 4.74 Å². The van der Waals surface area contributed by atoms with Crippen LogP contribution in [0.2, 0.25) is 0 Å².